The van der Waals surface area contributed by atoms with Crippen LogP contribution in [0.5, 0.6) is 0 Å². The number of piperidine rings is 1. The summed E-state index contributed by atoms with van der Waals surface area (Å²) in [6.07, 6.45) is 0.885. The summed E-state index contributed by atoms with van der Waals surface area (Å²) in [7, 11) is 0. The third-order valence-corrected chi connectivity index (χ3v) is 4.97. The smallest absolute Gasteiger partial charge is 0.258 e. The standard InChI is InChI=1S/C21H24FN3O2/c1-13-7-8-15(20(26)24-18-9-10-23-12-14(18)2)11-19(13)25-21(27)16-5-3-4-6-17(16)22/h3-8,11,14,18,23H,9-10,12H2,1-2H3,(H,24,26)(H,25,27). The van der Waals surface area contributed by atoms with Crippen LogP contribution in [0.1, 0.15) is 39.6 Å². The first-order chi connectivity index (χ1) is 13.0. The number of halogens is 1. The summed E-state index contributed by atoms with van der Waals surface area (Å²) in [5.74, 6) is -0.939. The summed E-state index contributed by atoms with van der Waals surface area (Å²) in [5, 5.41) is 9.09. The third-order valence-electron chi connectivity index (χ3n) is 4.97. The van der Waals surface area contributed by atoms with Crippen LogP contribution in [0.25, 0.3) is 0 Å². The molecule has 1 aliphatic heterocycles. The molecule has 1 fully saturated rings. The quantitative estimate of drug-likeness (QED) is 0.776. The van der Waals surface area contributed by atoms with Crippen LogP contribution in [-0.2, 0) is 0 Å². The molecule has 1 heterocycles. The zero-order chi connectivity index (χ0) is 19.4. The molecule has 3 rings (SSSR count). The highest BCUT2D eigenvalue weighted by atomic mass is 19.1. The van der Waals surface area contributed by atoms with Gasteiger partial charge in [0.2, 0.25) is 0 Å². The van der Waals surface area contributed by atoms with E-state index in [1.54, 1.807) is 24.3 Å². The summed E-state index contributed by atoms with van der Waals surface area (Å²) in [4.78, 5) is 25.0. The van der Waals surface area contributed by atoms with Gasteiger partial charge in [-0.1, -0.05) is 25.1 Å². The lowest BCUT2D eigenvalue weighted by atomic mass is 9.95. The fraction of sp³-hybridized carbons (Fsp3) is 0.333. The maximum atomic E-state index is 13.8. The molecule has 0 saturated carbocycles. The molecular formula is C21H24FN3O2. The van der Waals surface area contributed by atoms with E-state index in [9.17, 15) is 14.0 Å². The molecule has 1 saturated heterocycles. The lowest BCUT2D eigenvalue weighted by Crippen LogP contribution is -2.48. The van der Waals surface area contributed by atoms with E-state index in [0.29, 0.717) is 17.2 Å². The zero-order valence-corrected chi connectivity index (χ0v) is 15.5. The van der Waals surface area contributed by atoms with Gasteiger partial charge < -0.3 is 16.0 Å². The number of rotatable bonds is 4. The molecule has 0 spiro atoms. The van der Waals surface area contributed by atoms with Crippen molar-refractivity contribution in [2.75, 3.05) is 18.4 Å². The van der Waals surface area contributed by atoms with E-state index in [1.807, 2.05) is 6.92 Å². The Kier molecular flexibility index (Phi) is 5.86. The Bertz CT molecular complexity index is 853. The molecule has 27 heavy (non-hydrogen) atoms. The molecule has 0 radical (unpaired) electrons. The van der Waals surface area contributed by atoms with Crippen molar-refractivity contribution in [2.24, 2.45) is 5.92 Å². The number of carbonyl (C=O) groups excluding carboxylic acids is 2. The summed E-state index contributed by atoms with van der Waals surface area (Å²) in [5.41, 5.74) is 1.73. The van der Waals surface area contributed by atoms with Crippen LogP contribution in [0.2, 0.25) is 0 Å². The minimum atomic E-state index is -0.582. The molecule has 6 heteroatoms. The number of benzene rings is 2. The minimum absolute atomic E-state index is 0.0321. The SMILES string of the molecule is Cc1ccc(C(=O)NC2CCNCC2C)cc1NC(=O)c1ccccc1F. The molecule has 0 bridgehead atoms. The van der Waals surface area contributed by atoms with Crippen LogP contribution in [0.4, 0.5) is 10.1 Å². The van der Waals surface area contributed by atoms with Gasteiger partial charge in [-0.15, -0.1) is 0 Å². The first-order valence-corrected chi connectivity index (χ1v) is 9.14. The predicted molar refractivity (Wildman–Crippen MR) is 103 cm³/mol. The van der Waals surface area contributed by atoms with E-state index >= 15 is 0 Å². The van der Waals surface area contributed by atoms with Crippen molar-refractivity contribution < 1.29 is 14.0 Å². The van der Waals surface area contributed by atoms with Gasteiger partial charge in [0.25, 0.3) is 11.8 Å². The summed E-state index contributed by atoms with van der Waals surface area (Å²) >= 11 is 0. The van der Waals surface area contributed by atoms with E-state index in [0.717, 1.165) is 25.1 Å². The Hall–Kier alpha value is -2.73. The van der Waals surface area contributed by atoms with Gasteiger partial charge in [-0.25, -0.2) is 4.39 Å². The van der Waals surface area contributed by atoms with Crippen LogP contribution < -0.4 is 16.0 Å². The Morgan fingerprint density at radius 2 is 1.93 bits per heavy atom. The molecular weight excluding hydrogens is 345 g/mol. The van der Waals surface area contributed by atoms with Crippen molar-refractivity contribution in [2.45, 2.75) is 26.3 Å². The molecule has 1 aliphatic rings. The van der Waals surface area contributed by atoms with Gasteiger partial charge in [0.15, 0.2) is 0 Å². The third kappa shape index (κ3) is 4.52. The monoisotopic (exact) mass is 369 g/mol. The highest BCUT2D eigenvalue weighted by Crippen LogP contribution is 2.20. The van der Waals surface area contributed by atoms with Crippen molar-refractivity contribution in [1.82, 2.24) is 10.6 Å². The van der Waals surface area contributed by atoms with E-state index in [1.165, 1.54) is 18.2 Å². The first kappa shape index (κ1) is 19.0. The van der Waals surface area contributed by atoms with Gasteiger partial charge in [0, 0.05) is 17.3 Å². The number of nitrogens with one attached hydrogen (secondary N) is 3. The Balaban J connectivity index is 1.75. The lowest BCUT2D eigenvalue weighted by Gasteiger charge is -2.30. The number of anilines is 1. The molecule has 2 atom stereocenters. The molecule has 2 amide bonds. The second kappa shape index (κ2) is 8.31. The predicted octanol–water partition coefficient (Wildman–Crippen LogP) is 3.11. The average molecular weight is 369 g/mol. The topological polar surface area (TPSA) is 70.2 Å². The summed E-state index contributed by atoms with van der Waals surface area (Å²) < 4.78 is 13.8. The molecule has 0 aliphatic carbocycles. The Labute approximate surface area is 158 Å². The summed E-state index contributed by atoms with van der Waals surface area (Å²) in [6, 6.07) is 11.1. The second-order valence-corrected chi connectivity index (χ2v) is 7.01. The van der Waals surface area contributed by atoms with Crippen LogP contribution >= 0.6 is 0 Å². The van der Waals surface area contributed by atoms with Crippen LogP contribution in [0.3, 0.4) is 0 Å². The van der Waals surface area contributed by atoms with Gasteiger partial charge in [0.1, 0.15) is 5.82 Å². The van der Waals surface area contributed by atoms with Crippen LogP contribution in [0.15, 0.2) is 42.5 Å². The number of aryl methyl sites for hydroxylation is 1. The fourth-order valence-electron chi connectivity index (χ4n) is 3.21. The number of hydrogen-bond acceptors (Lipinski definition) is 3. The van der Waals surface area contributed by atoms with E-state index < -0.39 is 11.7 Å². The fourth-order valence-corrected chi connectivity index (χ4v) is 3.21. The van der Waals surface area contributed by atoms with Crippen molar-refractivity contribution in [3.63, 3.8) is 0 Å². The summed E-state index contributed by atoms with van der Waals surface area (Å²) in [6.45, 7) is 5.69. The maximum absolute atomic E-state index is 13.8. The molecule has 142 valence electrons. The molecule has 2 unspecified atom stereocenters. The molecule has 5 nitrogen and oxygen atoms in total. The van der Waals surface area contributed by atoms with Crippen LogP contribution in [0, 0.1) is 18.7 Å². The van der Waals surface area contributed by atoms with E-state index in [-0.39, 0.29) is 17.5 Å². The molecule has 3 N–H and O–H groups in total. The first-order valence-electron chi connectivity index (χ1n) is 9.14. The number of amides is 2. The molecule has 2 aromatic carbocycles. The second-order valence-electron chi connectivity index (χ2n) is 7.01. The van der Waals surface area contributed by atoms with Gasteiger partial charge in [-0.2, -0.15) is 0 Å². The Morgan fingerprint density at radius 1 is 1.15 bits per heavy atom. The highest BCUT2D eigenvalue weighted by Gasteiger charge is 2.23. The average Bonchev–Trinajstić information content (AvgIpc) is 2.65. The largest absolute Gasteiger partial charge is 0.349 e. The highest BCUT2D eigenvalue weighted by molar-refractivity contribution is 6.05. The van der Waals surface area contributed by atoms with Gasteiger partial charge in [-0.3, -0.25) is 9.59 Å². The molecule has 2 aromatic rings. The maximum Gasteiger partial charge on any atom is 0.258 e. The number of hydrogen-bond donors (Lipinski definition) is 3. The van der Waals surface area contributed by atoms with Crippen molar-refractivity contribution in [3.05, 3.63) is 65.0 Å². The van der Waals surface area contributed by atoms with Gasteiger partial charge in [0.05, 0.1) is 5.56 Å². The van der Waals surface area contributed by atoms with Crippen molar-refractivity contribution in [1.29, 1.82) is 0 Å². The number of carbonyl (C=O) groups is 2. The van der Waals surface area contributed by atoms with Gasteiger partial charge in [-0.05, 0) is 62.2 Å². The van der Waals surface area contributed by atoms with Crippen LogP contribution in [-0.4, -0.2) is 30.9 Å². The minimum Gasteiger partial charge on any atom is -0.349 e. The van der Waals surface area contributed by atoms with Gasteiger partial charge >= 0.3 is 0 Å². The van der Waals surface area contributed by atoms with E-state index in [4.69, 9.17) is 0 Å². The lowest BCUT2D eigenvalue weighted by molar-refractivity contribution is 0.0913. The van der Waals surface area contributed by atoms with Crippen molar-refractivity contribution in [3.8, 4) is 0 Å². The van der Waals surface area contributed by atoms with E-state index in [2.05, 4.69) is 22.9 Å². The van der Waals surface area contributed by atoms with Crippen molar-refractivity contribution >= 4 is 17.5 Å². The zero-order valence-electron chi connectivity index (χ0n) is 15.5. The molecule has 0 aromatic heterocycles. The normalized spacial score (nSPS) is 19.4. The Morgan fingerprint density at radius 3 is 2.67 bits per heavy atom.